The monoisotopic (exact) mass is 303 g/mol. The lowest BCUT2D eigenvalue weighted by Gasteiger charge is -1.92. The zero-order chi connectivity index (χ0) is 10.8. The van der Waals surface area contributed by atoms with Gasteiger partial charge in [-0.1, -0.05) is 24.8 Å². The molecule has 0 saturated heterocycles. The van der Waals surface area contributed by atoms with Crippen molar-refractivity contribution in [3.8, 4) is 5.75 Å². The van der Waals surface area contributed by atoms with Gasteiger partial charge >= 0.3 is 0 Å². The number of nitrogens with two attached hydrogens (primary N) is 1. The van der Waals surface area contributed by atoms with E-state index in [1.807, 2.05) is 0 Å². The first-order chi connectivity index (χ1) is 6.72. The summed E-state index contributed by atoms with van der Waals surface area (Å²) in [5.74, 6) is 0.146. The summed E-state index contributed by atoms with van der Waals surface area (Å²) >= 11 is 0. The zero-order valence-corrected chi connectivity index (χ0v) is 11.4. The van der Waals surface area contributed by atoms with Crippen LogP contribution in [0.5, 0.6) is 5.75 Å². The van der Waals surface area contributed by atoms with Crippen LogP contribution in [0.25, 0.3) is 0 Å². The molecule has 0 aliphatic carbocycles. The third-order valence-corrected chi connectivity index (χ3v) is 1.22. The summed E-state index contributed by atoms with van der Waals surface area (Å²) in [5, 5.41) is 8.79. The summed E-state index contributed by atoms with van der Waals surface area (Å²) < 4.78 is 4.18. The molecule has 100 valence electrons. The SMILES string of the molecule is C=CCOC=O.Cl.Cl.Cl.Nc1ccccc1O. The van der Waals surface area contributed by atoms with Crippen LogP contribution in [0.1, 0.15) is 0 Å². The van der Waals surface area contributed by atoms with Crippen molar-refractivity contribution in [1.29, 1.82) is 0 Å². The largest absolute Gasteiger partial charge is 0.506 e. The number of benzene rings is 1. The molecule has 0 saturated carbocycles. The van der Waals surface area contributed by atoms with Gasteiger partial charge in [-0.05, 0) is 12.1 Å². The Hall–Kier alpha value is -1.10. The van der Waals surface area contributed by atoms with Gasteiger partial charge in [0, 0.05) is 0 Å². The fourth-order valence-electron chi connectivity index (χ4n) is 0.595. The Morgan fingerprint density at radius 1 is 1.29 bits per heavy atom. The molecular weight excluding hydrogens is 288 g/mol. The average Bonchev–Trinajstić information content (AvgIpc) is 2.20. The number of phenolic OH excluding ortho intramolecular Hbond substituents is 1. The number of phenols is 1. The Kier molecular flexibility index (Phi) is 25.4. The number of ether oxygens (including phenoxy) is 1. The molecule has 0 bridgehead atoms. The van der Waals surface area contributed by atoms with Gasteiger partial charge in [0.05, 0.1) is 5.69 Å². The molecule has 3 N–H and O–H groups in total. The van der Waals surface area contributed by atoms with Crippen LogP contribution < -0.4 is 5.73 Å². The number of hydrogen-bond donors (Lipinski definition) is 2. The number of anilines is 1. The Morgan fingerprint density at radius 2 is 1.82 bits per heavy atom. The number of aromatic hydroxyl groups is 1. The van der Waals surface area contributed by atoms with Crippen LogP contribution in [0.4, 0.5) is 5.69 Å². The maximum atomic E-state index is 9.29. The summed E-state index contributed by atoms with van der Waals surface area (Å²) in [7, 11) is 0. The van der Waals surface area contributed by atoms with Crippen LogP contribution in [0.2, 0.25) is 0 Å². The van der Waals surface area contributed by atoms with E-state index in [2.05, 4.69) is 11.3 Å². The number of rotatable bonds is 3. The highest BCUT2D eigenvalue weighted by Gasteiger charge is 1.87. The Bertz CT molecular complexity index is 269. The van der Waals surface area contributed by atoms with E-state index in [4.69, 9.17) is 10.8 Å². The van der Waals surface area contributed by atoms with Gasteiger partial charge in [-0.3, -0.25) is 4.79 Å². The highest BCUT2D eigenvalue weighted by Crippen LogP contribution is 2.16. The first-order valence-corrected chi connectivity index (χ1v) is 3.92. The van der Waals surface area contributed by atoms with E-state index in [1.165, 1.54) is 6.08 Å². The smallest absolute Gasteiger partial charge is 0.293 e. The van der Waals surface area contributed by atoms with Crippen molar-refractivity contribution < 1.29 is 14.6 Å². The van der Waals surface area contributed by atoms with Crippen molar-refractivity contribution in [3.63, 3.8) is 0 Å². The number of para-hydroxylation sites is 2. The van der Waals surface area contributed by atoms with Crippen LogP contribution in [-0.4, -0.2) is 18.2 Å². The van der Waals surface area contributed by atoms with Gasteiger partial charge in [0.1, 0.15) is 12.4 Å². The molecule has 4 nitrogen and oxygen atoms in total. The molecular formula is C10H16Cl3NO3. The number of carbonyl (C=O) groups excluding carboxylic acids is 1. The molecule has 0 unspecified atom stereocenters. The van der Waals surface area contributed by atoms with Crippen LogP contribution in [-0.2, 0) is 9.53 Å². The minimum absolute atomic E-state index is 0. The molecule has 0 spiro atoms. The minimum atomic E-state index is 0. The highest BCUT2D eigenvalue weighted by atomic mass is 35.5. The average molecular weight is 305 g/mol. The lowest BCUT2D eigenvalue weighted by molar-refractivity contribution is -0.127. The van der Waals surface area contributed by atoms with Gasteiger partial charge < -0.3 is 15.6 Å². The predicted octanol–water partition coefficient (Wildman–Crippen LogP) is 2.59. The molecule has 1 aromatic carbocycles. The molecule has 0 fully saturated rings. The number of nitrogen functional groups attached to an aromatic ring is 1. The van der Waals surface area contributed by atoms with Crippen LogP contribution >= 0.6 is 37.2 Å². The summed E-state index contributed by atoms with van der Waals surface area (Å²) in [6.07, 6.45) is 1.51. The van der Waals surface area contributed by atoms with Gasteiger partial charge in [-0.25, -0.2) is 0 Å². The summed E-state index contributed by atoms with van der Waals surface area (Å²) in [4.78, 5) is 9.29. The Balaban J connectivity index is -0.0000000873. The van der Waals surface area contributed by atoms with E-state index in [0.29, 0.717) is 18.8 Å². The van der Waals surface area contributed by atoms with E-state index >= 15 is 0 Å². The molecule has 1 rings (SSSR count). The van der Waals surface area contributed by atoms with Crippen molar-refractivity contribution in [3.05, 3.63) is 36.9 Å². The lowest BCUT2D eigenvalue weighted by Crippen LogP contribution is -1.83. The van der Waals surface area contributed by atoms with Crippen LogP contribution in [0, 0.1) is 0 Å². The van der Waals surface area contributed by atoms with Gasteiger partial charge in [0.25, 0.3) is 6.47 Å². The predicted molar refractivity (Wildman–Crippen MR) is 76.5 cm³/mol. The Labute approximate surface area is 119 Å². The third kappa shape index (κ3) is 14.9. The fraction of sp³-hybridized carbons (Fsp3) is 0.100. The lowest BCUT2D eigenvalue weighted by atomic mass is 10.3. The van der Waals surface area contributed by atoms with Gasteiger partial charge in [0.15, 0.2) is 0 Å². The zero-order valence-electron chi connectivity index (χ0n) is 8.94. The maximum absolute atomic E-state index is 9.29. The molecule has 7 heteroatoms. The molecule has 1 aromatic rings. The van der Waals surface area contributed by atoms with Crippen molar-refractivity contribution in [2.75, 3.05) is 12.3 Å². The number of hydrogen-bond acceptors (Lipinski definition) is 4. The van der Waals surface area contributed by atoms with Gasteiger partial charge in [0.2, 0.25) is 0 Å². The topological polar surface area (TPSA) is 72.5 Å². The third-order valence-electron chi connectivity index (χ3n) is 1.22. The standard InChI is InChI=1S/C6H7NO.C4H6O2.3ClH/c7-5-3-1-2-4-6(5)8;1-2-3-6-4-5;;;/h1-4,8H,7H2;2,4H,1,3H2;3*1H. The fourth-order valence-corrected chi connectivity index (χ4v) is 0.595. The van der Waals surface area contributed by atoms with Gasteiger partial charge in [-0.15, -0.1) is 37.2 Å². The molecule has 17 heavy (non-hydrogen) atoms. The second kappa shape index (κ2) is 17.3. The van der Waals surface area contributed by atoms with Crippen molar-refractivity contribution in [1.82, 2.24) is 0 Å². The molecule has 0 amide bonds. The van der Waals surface area contributed by atoms with Crippen molar-refractivity contribution >= 4 is 49.4 Å². The molecule has 0 aliphatic heterocycles. The van der Waals surface area contributed by atoms with E-state index < -0.39 is 0 Å². The van der Waals surface area contributed by atoms with E-state index in [-0.39, 0.29) is 43.0 Å². The quantitative estimate of drug-likeness (QED) is 0.296. The van der Waals surface area contributed by atoms with Crippen molar-refractivity contribution in [2.45, 2.75) is 0 Å². The van der Waals surface area contributed by atoms with Crippen LogP contribution in [0.15, 0.2) is 36.9 Å². The van der Waals surface area contributed by atoms with Crippen LogP contribution in [0.3, 0.4) is 0 Å². The summed E-state index contributed by atoms with van der Waals surface area (Å²) in [6.45, 7) is 4.01. The summed E-state index contributed by atoms with van der Waals surface area (Å²) in [5.41, 5.74) is 5.69. The highest BCUT2D eigenvalue weighted by molar-refractivity contribution is 5.86. The van der Waals surface area contributed by atoms with E-state index in [0.717, 1.165) is 0 Å². The van der Waals surface area contributed by atoms with Crippen molar-refractivity contribution in [2.24, 2.45) is 0 Å². The number of halogens is 3. The molecule has 0 aliphatic rings. The maximum Gasteiger partial charge on any atom is 0.293 e. The second-order valence-electron chi connectivity index (χ2n) is 2.28. The van der Waals surface area contributed by atoms with E-state index in [9.17, 15) is 4.79 Å². The first-order valence-electron chi connectivity index (χ1n) is 3.92. The first kappa shape index (κ1) is 24.9. The Morgan fingerprint density at radius 3 is 2.06 bits per heavy atom. The van der Waals surface area contributed by atoms with Gasteiger partial charge in [-0.2, -0.15) is 0 Å². The second-order valence-corrected chi connectivity index (χ2v) is 2.28. The molecule has 0 radical (unpaired) electrons. The minimum Gasteiger partial charge on any atom is -0.506 e. The molecule has 0 aromatic heterocycles. The summed E-state index contributed by atoms with van der Waals surface area (Å²) in [6, 6.07) is 6.70. The molecule has 0 heterocycles. The normalized spacial score (nSPS) is 6.59. The van der Waals surface area contributed by atoms with E-state index in [1.54, 1.807) is 24.3 Å². The molecule has 0 atom stereocenters. The number of carbonyl (C=O) groups is 1.